The van der Waals surface area contributed by atoms with Crippen LogP contribution in [0, 0.1) is 0 Å². The topological polar surface area (TPSA) is 63.1 Å². The van der Waals surface area contributed by atoms with Crippen molar-refractivity contribution in [1.82, 2.24) is 15.2 Å². The van der Waals surface area contributed by atoms with E-state index in [1.54, 1.807) is 13.0 Å². The van der Waals surface area contributed by atoms with Crippen LogP contribution < -0.4 is 10.6 Å². The highest BCUT2D eigenvalue weighted by molar-refractivity contribution is 9.10. The Kier molecular flexibility index (Phi) is 6.26. The van der Waals surface area contributed by atoms with Gasteiger partial charge in [-0.05, 0) is 49.2 Å². The van der Waals surface area contributed by atoms with E-state index in [-0.39, 0.29) is 17.9 Å². The Bertz CT molecular complexity index is 483. The van der Waals surface area contributed by atoms with Crippen LogP contribution in [0.1, 0.15) is 44.6 Å². The summed E-state index contributed by atoms with van der Waals surface area (Å²) in [4.78, 5) is 24.0. The minimum Gasteiger partial charge on any atom is -0.352 e. The van der Waals surface area contributed by atoms with E-state index in [2.05, 4.69) is 26.6 Å². The number of halogens is 1. The van der Waals surface area contributed by atoms with Crippen LogP contribution in [0.3, 0.4) is 0 Å². The van der Waals surface area contributed by atoms with Crippen molar-refractivity contribution < 1.29 is 9.59 Å². The monoisotopic (exact) mass is 343 g/mol. The molecule has 0 aliphatic carbocycles. The van der Waals surface area contributed by atoms with Gasteiger partial charge in [0.05, 0.1) is 0 Å². The van der Waals surface area contributed by atoms with Gasteiger partial charge in [0, 0.05) is 23.3 Å². The van der Waals surface area contributed by atoms with Crippen LogP contribution in [0.15, 0.2) is 16.7 Å². The molecule has 20 heavy (non-hydrogen) atoms. The van der Waals surface area contributed by atoms with E-state index in [0.29, 0.717) is 5.69 Å². The van der Waals surface area contributed by atoms with Gasteiger partial charge in [0.2, 0.25) is 5.91 Å². The standard InChI is InChI=1S/C14H22BrN3O2/c1-5-6-18-8-11(15)7-12(18)14(20)17-10(4)13(19)16-9(2)3/h7-10H,5-6H2,1-4H3,(H,16,19)(H,17,20). The number of aromatic nitrogens is 1. The highest BCUT2D eigenvalue weighted by Gasteiger charge is 2.19. The molecule has 112 valence electrons. The van der Waals surface area contributed by atoms with Gasteiger partial charge >= 0.3 is 0 Å². The van der Waals surface area contributed by atoms with E-state index in [0.717, 1.165) is 17.4 Å². The highest BCUT2D eigenvalue weighted by atomic mass is 79.9. The number of rotatable bonds is 6. The molecule has 0 radical (unpaired) electrons. The lowest BCUT2D eigenvalue weighted by Gasteiger charge is -2.16. The van der Waals surface area contributed by atoms with Gasteiger partial charge in [0.1, 0.15) is 11.7 Å². The van der Waals surface area contributed by atoms with Gasteiger partial charge in [-0.25, -0.2) is 0 Å². The van der Waals surface area contributed by atoms with Crippen LogP contribution in [0.25, 0.3) is 0 Å². The van der Waals surface area contributed by atoms with E-state index >= 15 is 0 Å². The number of nitrogens with one attached hydrogen (secondary N) is 2. The summed E-state index contributed by atoms with van der Waals surface area (Å²) < 4.78 is 2.74. The number of carbonyl (C=O) groups excluding carboxylic acids is 2. The molecule has 1 heterocycles. The smallest absolute Gasteiger partial charge is 0.268 e. The summed E-state index contributed by atoms with van der Waals surface area (Å²) >= 11 is 3.37. The first-order valence-electron chi connectivity index (χ1n) is 6.82. The van der Waals surface area contributed by atoms with Gasteiger partial charge in [-0.1, -0.05) is 6.92 Å². The SMILES string of the molecule is CCCn1cc(Br)cc1C(=O)NC(C)C(=O)NC(C)C. The van der Waals surface area contributed by atoms with Crippen molar-refractivity contribution in [2.75, 3.05) is 0 Å². The zero-order valence-corrected chi connectivity index (χ0v) is 14.0. The van der Waals surface area contributed by atoms with Crippen LogP contribution in [0.2, 0.25) is 0 Å². The van der Waals surface area contributed by atoms with E-state index in [1.807, 2.05) is 31.5 Å². The molecule has 5 nitrogen and oxygen atoms in total. The molecule has 1 atom stereocenters. The molecule has 0 aliphatic rings. The molecule has 2 amide bonds. The van der Waals surface area contributed by atoms with Crippen LogP contribution in [0.4, 0.5) is 0 Å². The summed E-state index contributed by atoms with van der Waals surface area (Å²) in [6.45, 7) is 8.26. The lowest BCUT2D eigenvalue weighted by Crippen LogP contribution is -2.47. The van der Waals surface area contributed by atoms with E-state index in [9.17, 15) is 9.59 Å². The Morgan fingerprint density at radius 2 is 1.95 bits per heavy atom. The van der Waals surface area contributed by atoms with Crippen molar-refractivity contribution in [2.45, 2.75) is 52.7 Å². The molecule has 6 heteroatoms. The van der Waals surface area contributed by atoms with Crippen molar-refractivity contribution in [1.29, 1.82) is 0 Å². The van der Waals surface area contributed by atoms with E-state index in [4.69, 9.17) is 0 Å². The number of amides is 2. The molecule has 1 rings (SSSR count). The molecular weight excluding hydrogens is 322 g/mol. The van der Waals surface area contributed by atoms with Crippen LogP contribution >= 0.6 is 15.9 Å². The van der Waals surface area contributed by atoms with Gasteiger partial charge in [0.15, 0.2) is 0 Å². The molecule has 1 aromatic heterocycles. The molecule has 1 unspecified atom stereocenters. The largest absolute Gasteiger partial charge is 0.352 e. The second kappa shape index (κ2) is 7.47. The maximum atomic E-state index is 12.2. The number of hydrogen-bond acceptors (Lipinski definition) is 2. The van der Waals surface area contributed by atoms with Crippen molar-refractivity contribution >= 4 is 27.7 Å². The maximum absolute atomic E-state index is 12.2. The maximum Gasteiger partial charge on any atom is 0.268 e. The second-order valence-electron chi connectivity index (χ2n) is 5.10. The average molecular weight is 344 g/mol. The molecule has 0 saturated carbocycles. The van der Waals surface area contributed by atoms with Crippen LogP contribution in [-0.2, 0) is 11.3 Å². The normalized spacial score (nSPS) is 12.3. The summed E-state index contributed by atoms with van der Waals surface area (Å²) in [5, 5.41) is 5.50. The van der Waals surface area contributed by atoms with Gasteiger partial charge in [-0.15, -0.1) is 0 Å². The number of nitrogens with zero attached hydrogens (tertiary/aromatic N) is 1. The van der Waals surface area contributed by atoms with Crippen molar-refractivity contribution in [3.05, 3.63) is 22.4 Å². The first-order chi connectivity index (χ1) is 9.35. The van der Waals surface area contributed by atoms with Crippen molar-refractivity contribution in [3.63, 3.8) is 0 Å². The Morgan fingerprint density at radius 1 is 1.30 bits per heavy atom. The first kappa shape index (κ1) is 16.8. The summed E-state index contributed by atoms with van der Waals surface area (Å²) in [6, 6.07) is 1.26. The first-order valence-corrected chi connectivity index (χ1v) is 7.61. The zero-order chi connectivity index (χ0) is 15.3. The Hall–Kier alpha value is -1.30. The zero-order valence-electron chi connectivity index (χ0n) is 12.4. The quantitative estimate of drug-likeness (QED) is 0.832. The molecule has 1 aromatic rings. The Balaban J connectivity index is 2.73. The fraction of sp³-hybridized carbons (Fsp3) is 0.571. The van der Waals surface area contributed by atoms with Gasteiger partial charge in [0.25, 0.3) is 5.91 Å². The second-order valence-corrected chi connectivity index (χ2v) is 6.01. The third-order valence-electron chi connectivity index (χ3n) is 2.73. The predicted molar refractivity (Wildman–Crippen MR) is 82.6 cm³/mol. The minimum absolute atomic E-state index is 0.0555. The number of hydrogen-bond donors (Lipinski definition) is 2. The molecule has 2 N–H and O–H groups in total. The molecule has 0 saturated heterocycles. The lowest BCUT2D eigenvalue weighted by atomic mass is 10.2. The van der Waals surface area contributed by atoms with Crippen LogP contribution in [0.5, 0.6) is 0 Å². The summed E-state index contributed by atoms with van der Waals surface area (Å²) in [5.74, 6) is -0.420. The van der Waals surface area contributed by atoms with E-state index < -0.39 is 6.04 Å². The predicted octanol–water partition coefficient (Wildman–Crippen LogP) is 2.30. The van der Waals surface area contributed by atoms with Crippen LogP contribution in [-0.4, -0.2) is 28.5 Å². The van der Waals surface area contributed by atoms with Gasteiger partial charge in [-0.3, -0.25) is 9.59 Å². The summed E-state index contributed by atoms with van der Waals surface area (Å²) in [5.41, 5.74) is 0.558. The molecule has 0 spiro atoms. The molecular formula is C14H22BrN3O2. The van der Waals surface area contributed by atoms with Gasteiger partial charge < -0.3 is 15.2 Å². The third-order valence-corrected chi connectivity index (χ3v) is 3.17. The third kappa shape index (κ3) is 4.67. The Morgan fingerprint density at radius 3 is 2.50 bits per heavy atom. The summed E-state index contributed by atoms with van der Waals surface area (Å²) in [6.07, 6.45) is 2.81. The molecule has 0 bridgehead atoms. The van der Waals surface area contributed by atoms with E-state index in [1.165, 1.54) is 0 Å². The van der Waals surface area contributed by atoms with Crippen molar-refractivity contribution in [2.24, 2.45) is 0 Å². The fourth-order valence-electron chi connectivity index (χ4n) is 1.84. The average Bonchev–Trinajstić information content (AvgIpc) is 2.70. The molecule has 0 fully saturated rings. The van der Waals surface area contributed by atoms with Crippen molar-refractivity contribution in [3.8, 4) is 0 Å². The molecule has 0 aromatic carbocycles. The fourth-order valence-corrected chi connectivity index (χ4v) is 2.30. The highest BCUT2D eigenvalue weighted by Crippen LogP contribution is 2.15. The number of aryl methyl sites for hydroxylation is 1. The summed E-state index contributed by atoms with van der Waals surface area (Å²) in [7, 11) is 0. The Labute approximate surface area is 128 Å². The minimum atomic E-state index is -0.561. The van der Waals surface area contributed by atoms with Gasteiger partial charge in [-0.2, -0.15) is 0 Å². The molecule has 0 aliphatic heterocycles. The number of carbonyl (C=O) groups is 2. The lowest BCUT2D eigenvalue weighted by molar-refractivity contribution is -0.123.